The molecule has 0 fully saturated rings. The van der Waals surface area contributed by atoms with E-state index in [1.807, 2.05) is 0 Å². The molecule has 8 heteroatoms. The molecule has 0 spiro atoms. The summed E-state index contributed by atoms with van der Waals surface area (Å²) in [4.78, 5) is 24.9. The second kappa shape index (κ2) is 6.48. The average molecular weight is 274 g/mol. The normalized spacial score (nSPS) is 12.1. The van der Waals surface area contributed by atoms with Crippen molar-refractivity contribution in [2.75, 3.05) is 5.75 Å². The number of nitrogens with two attached hydrogens (primary N) is 1. The lowest BCUT2D eigenvalue weighted by atomic mass is 10.3. The molecule has 0 aliphatic rings. The van der Waals surface area contributed by atoms with Crippen LogP contribution in [0.15, 0.2) is 23.4 Å². The van der Waals surface area contributed by atoms with Crippen molar-refractivity contribution in [3.05, 3.63) is 23.9 Å². The van der Waals surface area contributed by atoms with Gasteiger partial charge in [-0.3, -0.25) is 4.79 Å². The largest absolute Gasteiger partial charge is 0.480 e. The Balaban J connectivity index is 2.42. The third-order valence-electron chi connectivity index (χ3n) is 1.69. The van der Waals surface area contributed by atoms with Gasteiger partial charge in [0.25, 0.3) is 0 Å². The molecule has 0 bridgehead atoms. The van der Waals surface area contributed by atoms with Crippen LogP contribution in [-0.4, -0.2) is 38.9 Å². The maximum absolute atomic E-state index is 10.6. The summed E-state index contributed by atoms with van der Waals surface area (Å²) in [5.41, 5.74) is 5.43. The summed E-state index contributed by atoms with van der Waals surface area (Å²) < 4.78 is 0. The number of aromatic carboxylic acids is 1. The van der Waals surface area contributed by atoms with Crippen LogP contribution < -0.4 is 5.73 Å². The molecular weight excluding hydrogens is 264 g/mol. The van der Waals surface area contributed by atoms with Crippen LogP contribution in [0.2, 0.25) is 0 Å². The number of carbonyl (C=O) groups is 2. The van der Waals surface area contributed by atoms with Gasteiger partial charge < -0.3 is 15.9 Å². The van der Waals surface area contributed by atoms with Crippen LogP contribution in [-0.2, 0) is 4.79 Å². The molecular formula is C9H10N2O4S2. The van der Waals surface area contributed by atoms with Gasteiger partial charge in [0.2, 0.25) is 0 Å². The molecule has 0 saturated heterocycles. The summed E-state index contributed by atoms with van der Waals surface area (Å²) in [6.45, 7) is 0. The van der Waals surface area contributed by atoms with Gasteiger partial charge in [0.05, 0.1) is 5.56 Å². The molecule has 1 aromatic heterocycles. The molecule has 17 heavy (non-hydrogen) atoms. The Bertz CT molecular complexity index is 410. The van der Waals surface area contributed by atoms with E-state index in [9.17, 15) is 9.59 Å². The predicted molar refractivity (Wildman–Crippen MR) is 65.1 cm³/mol. The van der Waals surface area contributed by atoms with Crippen molar-refractivity contribution in [3.8, 4) is 0 Å². The lowest BCUT2D eigenvalue weighted by molar-refractivity contribution is -0.137. The Morgan fingerprint density at radius 2 is 2.12 bits per heavy atom. The van der Waals surface area contributed by atoms with Gasteiger partial charge in [0.15, 0.2) is 0 Å². The van der Waals surface area contributed by atoms with E-state index in [1.165, 1.54) is 33.9 Å². The topological polar surface area (TPSA) is 114 Å². The molecule has 1 aromatic rings. The Hall–Kier alpha value is -1.25. The number of rotatable bonds is 6. The third kappa shape index (κ3) is 4.63. The molecule has 0 amide bonds. The number of carboxylic acid groups (broad SMARTS) is 2. The summed E-state index contributed by atoms with van der Waals surface area (Å²) in [5, 5.41) is 17.8. The SMILES string of the molecule is NC(CSSc1ccc(C(=O)O)cn1)C(=O)O. The zero-order valence-electron chi connectivity index (χ0n) is 8.57. The lowest BCUT2D eigenvalue weighted by Gasteiger charge is -2.04. The second-order valence-corrected chi connectivity index (χ2v) is 5.36. The molecule has 1 rings (SSSR count). The summed E-state index contributed by atoms with van der Waals surface area (Å²) in [7, 11) is 2.51. The fourth-order valence-electron chi connectivity index (χ4n) is 0.795. The smallest absolute Gasteiger partial charge is 0.337 e. The first-order chi connectivity index (χ1) is 8.00. The van der Waals surface area contributed by atoms with Crippen molar-refractivity contribution >= 4 is 33.5 Å². The lowest BCUT2D eigenvalue weighted by Crippen LogP contribution is -2.32. The van der Waals surface area contributed by atoms with E-state index in [4.69, 9.17) is 15.9 Å². The zero-order valence-corrected chi connectivity index (χ0v) is 10.2. The van der Waals surface area contributed by atoms with Gasteiger partial charge in [0, 0.05) is 11.9 Å². The van der Waals surface area contributed by atoms with E-state index >= 15 is 0 Å². The Labute approximate surface area is 105 Å². The quantitative estimate of drug-likeness (QED) is 0.656. The highest BCUT2D eigenvalue weighted by atomic mass is 33.1. The second-order valence-electron chi connectivity index (χ2n) is 3.00. The minimum absolute atomic E-state index is 0.113. The molecule has 0 aromatic carbocycles. The first-order valence-electron chi connectivity index (χ1n) is 4.48. The first kappa shape index (κ1) is 13.8. The maximum Gasteiger partial charge on any atom is 0.337 e. The van der Waals surface area contributed by atoms with Crippen LogP contribution >= 0.6 is 21.6 Å². The standard InChI is InChI=1S/C9H10N2O4S2/c10-6(9(14)15)4-16-17-7-2-1-5(3-11-7)8(12)13/h1-3,6H,4,10H2,(H,12,13)(H,14,15). The Kier molecular flexibility index (Phi) is 5.26. The number of aromatic nitrogens is 1. The molecule has 0 aliphatic heterocycles. The number of hydrogen-bond acceptors (Lipinski definition) is 6. The highest BCUT2D eigenvalue weighted by molar-refractivity contribution is 8.76. The highest BCUT2D eigenvalue weighted by Gasteiger charge is 2.11. The van der Waals surface area contributed by atoms with E-state index in [2.05, 4.69) is 4.98 Å². The van der Waals surface area contributed by atoms with Gasteiger partial charge in [-0.1, -0.05) is 10.8 Å². The summed E-state index contributed by atoms with van der Waals surface area (Å²) in [6.07, 6.45) is 1.25. The van der Waals surface area contributed by atoms with Crippen molar-refractivity contribution < 1.29 is 19.8 Å². The molecule has 1 atom stereocenters. The highest BCUT2D eigenvalue weighted by Crippen LogP contribution is 2.29. The number of pyridine rings is 1. The fourth-order valence-corrected chi connectivity index (χ4v) is 2.79. The number of nitrogens with zero attached hydrogens (tertiary/aromatic N) is 1. The summed E-state index contributed by atoms with van der Waals surface area (Å²) in [6, 6.07) is 2.09. The monoisotopic (exact) mass is 274 g/mol. The van der Waals surface area contributed by atoms with Crippen LogP contribution in [0.3, 0.4) is 0 Å². The van der Waals surface area contributed by atoms with E-state index in [0.717, 1.165) is 0 Å². The molecule has 92 valence electrons. The van der Waals surface area contributed by atoms with Gasteiger partial charge >= 0.3 is 11.9 Å². The molecule has 0 saturated carbocycles. The minimum atomic E-state index is -1.05. The molecule has 6 nitrogen and oxygen atoms in total. The fraction of sp³-hybridized carbons (Fsp3) is 0.222. The van der Waals surface area contributed by atoms with E-state index in [0.29, 0.717) is 5.03 Å². The number of hydrogen-bond donors (Lipinski definition) is 3. The van der Waals surface area contributed by atoms with Crippen LogP contribution in [0.5, 0.6) is 0 Å². The van der Waals surface area contributed by atoms with Gasteiger partial charge in [-0.25, -0.2) is 9.78 Å². The first-order valence-corrected chi connectivity index (χ1v) is 6.80. The molecule has 0 aliphatic carbocycles. The van der Waals surface area contributed by atoms with Crippen molar-refractivity contribution in [1.82, 2.24) is 4.98 Å². The van der Waals surface area contributed by atoms with E-state index < -0.39 is 18.0 Å². The van der Waals surface area contributed by atoms with Gasteiger partial charge in [0.1, 0.15) is 11.1 Å². The van der Waals surface area contributed by atoms with Crippen LogP contribution in [0, 0.1) is 0 Å². The predicted octanol–water partition coefficient (Wildman–Crippen LogP) is 0.932. The number of carboxylic acids is 2. The summed E-state index contributed by atoms with van der Waals surface area (Å²) >= 11 is 0. The van der Waals surface area contributed by atoms with E-state index in [1.54, 1.807) is 6.07 Å². The zero-order chi connectivity index (χ0) is 12.8. The Morgan fingerprint density at radius 3 is 2.59 bits per heavy atom. The number of aliphatic carboxylic acids is 1. The van der Waals surface area contributed by atoms with Crippen LogP contribution in [0.25, 0.3) is 0 Å². The van der Waals surface area contributed by atoms with Crippen LogP contribution in [0.4, 0.5) is 0 Å². The van der Waals surface area contributed by atoms with Gasteiger partial charge in [-0.2, -0.15) is 0 Å². The maximum atomic E-state index is 10.6. The van der Waals surface area contributed by atoms with Gasteiger partial charge in [-0.15, -0.1) is 0 Å². The van der Waals surface area contributed by atoms with Gasteiger partial charge in [-0.05, 0) is 22.9 Å². The van der Waals surface area contributed by atoms with Crippen LogP contribution in [0.1, 0.15) is 10.4 Å². The molecule has 0 radical (unpaired) electrons. The Morgan fingerprint density at radius 1 is 1.41 bits per heavy atom. The van der Waals surface area contributed by atoms with E-state index in [-0.39, 0.29) is 11.3 Å². The summed E-state index contributed by atoms with van der Waals surface area (Å²) in [5.74, 6) is -1.83. The van der Waals surface area contributed by atoms with Crippen molar-refractivity contribution in [1.29, 1.82) is 0 Å². The molecule has 1 heterocycles. The van der Waals surface area contributed by atoms with Crippen molar-refractivity contribution in [3.63, 3.8) is 0 Å². The van der Waals surface area contributed by atoms with Crippen molar-refractivity contribution in [2.24, 2.45) is 5.73 Å². The molecule has 1 unspecified atom stereocenters. The van der Waals surface area contributed by atoms with Crippen molar-refractivity contribution in [2.45, 2.75) is 11.1 Å². The average Bonchev–Trinajstić information content (AvgIpc) is 2.29. The molecule has 4 N–H and O–H groups in total. The minimum Gasteiger partial charge on any atom is -0.480 e. The third-order valence-corrected chi connectivity index (χ3v) is 3.99.